The van der Waals surface area contributed by atoms with Crippen molar-refractivity contribution in [2.45, 2.75) is 69.1 Å². The summed E-state index contributed by atoms with van der Waals surface area (Å²) in [4.78, 5) is 0. The maximum Gasteiger partial charge on any atom is 0.0741 e. The van der Waals surface area contributed by atoms with E-state index < -0.39 is 0 Å². The summed E-state index contributed by atoms with van der Waals surface area (Å²) in [6.45, 7) is 4.68. The van der Waals surface area contributed by atoms with Crippen LogP contribution in [0.4, 0.5) is 0 Å². The van der Waals surface area contributed by atoms with E-state index in [1.54, 1.807) is 0 Å². The summed E-state index contributed by atoms with van der Waals surface area (Å²) in [5.74, 6) is 0. The second kappa shape index (κ2) is 7.21. The van der Waals surface area contributed by atoms with Gasteiger partial charge in [-0.2, -0.15) is 0 Å². The average molecular weight is 283 g/mol. The van der Waals surface area contributed by atoms with Crippen LogP contribution in [0.25, 0.3) is 0 Å². The first kappa shape index (κ1) is 14.8. The molecule has 0 radical (unpaired) electrons. The Bertz CT molecular complexity index is 280. The van der Waals surface area contributed by atoms with Crippen LogP contribution in [-0.2, 0) is 14.2 Å². The zero-order valence-corrected chi connectivity index (χ0v) is 12.6. The molecule has 1 spiro atoms. The van der Waals surface area contributed by atoms with Gasteiger partial charge >= 0.3 is 0 Å². The first-order valence-electron chi connectivity index (χ1n) is 8.43. The Kier molecular flexibility index (Phi) is 5.32. The SMILES string of the molecule is C1CCC(CCNC2CCOC3(CCOCC3)C2)OC1. The van der Waals surface area contributed by atoms with Crippen molar-refractivity contribution < 1.29 is 14.2 Å². The van der Waals surface area contributed by atoms with Gasteiger partial charge in [0.2, 0.25) is 0 Å². The molecule has 3 heterocycles. The monoisotopic (exact) mass is 283 g/mol. The molecular weight excluding hydrogens is 254 g/mol. The molecule has 2 unspecified atom stereocenters. The molecule has 0 bridgehead atoms. The van der Waals surface area contributed by atoms with Crippen LogP contribution in [-0.4, -0.2) is 50.7 Å². The van der Waals surface area contributed by atoms with Gasteiger partial charge in [0.05, 0.1) is 11.7 Å². The topological polar surface area (TPSA) is 39.7 Å². The van der Waals surface area contributed by atoms with Crippen molar-refractivity contribution in [3.63, 3.8) is 0 Å². The molecule has 0 aromatic heterocycles. The lowest BCUT2D eigenvalue weighted by Crippen LogP contribution is -2.50. The van der Waals surface area contributed by atoms with E-state index in [-0.39, 0.29) is 5.60 Å². The standard InChI is InChI=1S/C16H29NO3/c1-2-9-19-15(3-1)4-8-17-14-5-10-20-16(13-14)6-11-18-12-7-16/h14-15,17H,1-13H2. The predicted octanol–water partition coefficient (Wildman–Crippen LogP) is 2.26. The highest BCUT2D eigenvalue weighted by Gasteiger charge is 2.38. The molecule has 3 fully saturated rings. The number of nitrogens with one attached hydrogen (secondary N) is 1. The van der Waals surface area contributed by atoms with E-state index in [0.717, 1.165) is 65.1 Å². The third kappa shape index (κ3) is 3.94. The molecule has 4 heteroatoms. The minimum absolute atomic E-state index is 0.107. The maximum atomic E-state index is 6.09. The van der Waals surface area contributed by atoms with Gasteiger partial charge in [0.25, 0.3) is 0 Å². The second-order valence-electron chi connectivity index (χ2n) is 6.56. The minimum Gasteiger partial charge on any atom is -0.381 e. The van der Waals surface area contributed by atoms with Crippen molar-refractivity contribution >= 4 is 0 Å². The highest BCUT2D eigenvalue weighted by molar-refractivity contribution is 4.91. The molecule has 3 saturated heterocycles. The summed E-state index contributed by atoms with van der Waals surface area (Å²) in [7, 11) is 0. The van der Waals surface area contributed by atoms with Crippen molar-refractivity contribution in [2.24, 2.45) is 0 Å². The van der Waals surface area contributed by atoms with Crippen molar-refractivity contribution in [3.05, 3.63) is 0 Å². The van der Waals surface area contributed by atoms with E-state index in [1.165, 1.54) is 19.3 Å². The van der Waals surface area contributed by atoms with Gasteiger partial charge in [-0.25, -0.2) is 0 Å². The smallest absolute Gasteiger partial charge is 0.0741 e. The lowest BCUT2D eigenvalue weighted by molar-refractivity contribution is -0.140. The van der Waals surface area contributed by atoms with Gasteiger partial charge in [-0.05, 0) is 57.9 Å². The van der Waals surface area contributed by atoms with Crippen LogP contribution in [0.3, 0.4) is 0 Å². The molecule has 20 heavy (non-hydrogen) atoms. The van der Waals surface area contributed by atoms with Gasteiger partial charge in [0.1, 0.15) is 0 Å². The largest absolute Gasteiger partial charge is 0.381 e. The van der Waals surface area contributed by atoms with Gasteiger partial charge in [-0.1, -0.05) is 0 Å². The Morgan fingerprint density at radius 2 is 1.90 bits per heavy atom. The number of rotatable bonds is 4. The molecule has 3 rings (SSSR count). The first-order valence-corrected chi connectivity index (χ1v) is 8.43. The van der Waals surface area contributed by atoms with Crippen LogP contribution in [0.5, 0.6) is 0 Å². The summed E-state index contributed by atoms with van der Waals surface area (Å²) >= 11 is 0. The molecule has 1 N–H and O–H groups in total. The fraction of sp³-hybridized carbons (Fsp3) is 1.00. The lowest BCUT2D eigenvalue weighted by atomic mass is 9.84. The number of hydrogen-bond donors (Lipinski definition) is 1. The van der Waals surface area contributed by atoms with E-state index in [4.69, 9.17) is 14.2 Å². The van der Waals surface area contributed by atoms with Crippen molar-refractivity contribution in [2.75, 3.05) is 33.0 Å². The summed E-state index contributed by atoms with van der Waals surface area (Å²) in [6.07, 6.45) is 9.92. The van der Waals surface area contributed by atoms with E-state index in [9.17, 15) is 0 Å². The molecular formula is C16H29NO3. The van der Waals surface area contributed by atoms with Crippen molar-refractivity contribution in [1.29, 1.82) is 0 Å². The summed E-state index contributed by atoms with van der Waals surface area (Å²) in [5.41, 5.74) is 0.107. The molecule has 0 saturated carbocycles. The fourth-order valence-electron chi connectivity index (χ4n) is 3.78. The molecule has 2 atom stereocenters. The van der Waals surface area contributed by atoms with Gasteiger partial charge in [-0.3, -0.25) is 0 Å². The molecule has 0 aliphatic carbocycles. The minimum atomic E-state index is 0.107. The van der Waals surface area contributed by atoms with E-state index in [1.807, 2.05) is 0 Å². The number of ether oxygens (including phenoxy) is 3. The fourth-order valence-corrected chi connectivity index (χ4v) is 3.78. The molecule has 0 amide bonds. The van der Waals surface area contributed by atoms with E-state index in [0.29, 0.717) is 12.1 Å². The molecule has 3 aliphatic rings. The molecule has 3 aliphatic heterocycles. The van der Waals surface area contributed by atoms with Crippen LogP contribution in [0, 0.1) is 0 Å². The molecule has 116 valence electrons. The second-order valence-corrected chi connectivity index (χ2v) is 6.56. The first-order chi connectivity index (χ1) is 9.86. The molecule has 0 aromatic carbocycles. The summed E-state index contributed by atoms with van der Waals surface area (Å²) < 4.78 is 17.4. The Balaban J connectivity index is 1.38. The zero-order chi connectivity index (χ0) is 13.7. The Morgan fingerprint density at radius 3 is 2.70 bits per heavy atom. The quantitative estimate of drug-likeness (QED) is 0.859. The third-order valence-corrected chi connectivity index (χ3v) is 5.07. The highest BCUT2D eigenvalue weighted by Crippen LogP contribution is 2.34. The van der Waals surface area contributed by atoms with Crippen LogP contribution in [0.15, 0.2) is 0 Å². The van der Waals surface area contributed by atoms with Gasteiger partial charge in [-0.15, -0.1) is 0 Å². The Hall–Kier alpha value is -0.160. The maximum absolute atomic E-state index is 6.09. The summed E-state index contributed by atoms with van der Waals surface area (Å²) in [6, 6.07) is 0.616. The molecule has 4 nitrogen and oxygen atoms in total. The third-order valence-electron chi connectivity index (χ3n) is 5.07. The van der Waals surface area contributed by atoms with Gasteiger partial charge in [0, 0.05) is 32.5 Å². The van der Waals surface area contributed by atoms with Crippen molar-refractivity contribution in [3.8, 4) is 0 Å². The normalized spacial score (nSPS) is 34.2. The van der Waals surface area contributed by atoms with Crippen LogP contribution < -0.4 is 5.32 Å². The Morgan fingerprint density at radius 1 is 1.00 bits per heavy atom. The zero-order valence-electron chi connectivity index (χ0n) is 12.6. The van der Waals surface area contributed by atoms with Crippen LogP contribution >= 0.6 is 0 Å². The summed E-state index contributed by atoms with van der Waals surface area (Å²) in [5, 5.41) is 3.74. The molecule has 0 aromatic rings. The van der Waals surface area contributed by atoms with Crippen molar-refractivity contribution in [1.82, 2.24) is 5.32 Å². The number of hydrogen-bond acceptors (Lipinski definition) is 4. The van der Waals surface area contributed by atoms with Gasteiger partial charge in [0.15, 0.2) is 0 Å². The Labute approximate surface area is 122 Å². The van der Waals surface area contributed by atoms with Crippen LogP contribution in [0.1, 0.15) is 51.4 Å². The van der Waals surface area contributed by atoms with Crippen LogP contribution in [0.2, 0.25) is 0 Å². The van der Waals surface area contributed by atoms with E-state index >= 15 is 0 Å². The highest BCUT2D eigenvalue weighted by atomic mass is 16.5. The van der Waals surface area contributed by atoms with Gasteiger partial charge < -0.3 is 19.5 Å². The van der Waals surface area contributed by atoms with E-state index in [2.05, 4.69) is 5.32 Å². The lowest BCUT2D eigenvalue weighted by Gasteiger charge is -2.43. The predicted molar refractivity (Wildman–Crippen MR) is 78.0 cm³/mol. The average Bonchev–Trinajstić information content (AvgIpc) is 2.49.